The van der Waals surface area contributed by atoms with Crippen LogP contribution >= 0.6 is 0 Å². The predicted octanol–water partition coefficient (Wildman–Crippen LogP) is 2.27. The molecule has 1 rings (SSSR count). The normalized spacial score (nSPS) is 14.0. The van der Waals surface area contributed by atoms with Gasteiger partial charge in [0, 0.05) is 18.7 Å². The van der Waals surface area contributed by atoms with Gasteiger partial charge in [-0.05, 0) is 18.9 Å². The zero-order chi connectivity index (χ0) is 17.6. The van der Waals surface area contributed by atoms with Crippen LogP contribution in [0, 0.1) is 10.1 Å². The number of carbonyl (C=O) groups is 1. The molecule has 0 aliphatic rings. The third-order valence-corrected chi connectivity index (χ3v) is 3.01. The average Bonchev–Trinajstić information content (AvgIpc) is 2.46. The van der Waals surface area contributed by atoms with Crippen molar-refractivity contribution in [3.8, 4) is 0 Å². The van der Waals surface area contributed by atoms with E-state index in [1.165, 1.54) is 18.2 Å². The van der Waals surface area contributed by atoms with E-state index < -0.39 is 35.7 Å². The number of aliphatic hydroxyl groups is 1. The predicted molar refractivity (Wildman–Crippen MR) is 74.7 cm³/mol. The van der Waals surface area contributed by atoms with E-state index in [2.05, 4.69) is 10.6 Å². The molecule has 3 N–H and O–H groups in total. The van der Waals surface area contributed by atoms with Gasteiger partial charge in [-0.1, -0.05) is 12.1 Å². The van der Waals surface area contributed by atoms with Crippen LogP contribution in [0.3, 0.4) is 0 Å². The summed E-state index contributed by atoms with van der Waals surface area (Å²) in [6.07, 6.45) is -7.90. The fourth-order valence-corrected chi connectivity index (χ4v) is 1.72. The first-order valence-corrected chi connectivity index (χ1v) is 6.64. The van der Waals surface area contributed by atoms with E-state index in [0.717, 1.165) is 0 Å². The van der Waals surface area contributed by atoms with Crippen molar-refractivity contribution in [2.75, 3.05) is 6.54 Å². The number of alkyl halides is 3. The van der Waals surface area contributed by atoms with E-state index in [1.54, 1.807) is 13.0 Å². The zero-order valence-corrected chi connectivity index (χ0v) is 12.1. The van der Waals surface area contributed by atoms with Gasteiger partial charge in [-0.25, -0.2) is 4.79 Å². The molecular weight excluding hydrogens is 319 g/mol. The van der Waals surface area contributed by atoms with Crippen molar-refractivity contribution < 1.29 is 28.0 Å². The number of hydrogen-bond donors (Lipinski definition) is 3. The summed E-state index contributed by atoms with van der Waals surface area (Å²) in [5.74, 6) is 0. The highest BCUT2D eigenvalue weighted by Crippen LogP contribution is 2.22. The van der Waals surface area contributed by atoms with Crippen LogP contribution in [0.4, 0.5) is 23.7 Å². The number of rotatable bonds is 6. The molecule has 0 aliphatic carbocycles. The highest BCUT2D eigenvalue weighted by molar-refractivity contribution is 5.74. The summed E-state index contributed by atoms with van der Waals surface area (Å²) in [4.78, 5) is 21.7. The van der Waals surface area contributed by atoms with Gasteiger partial charge in [-0.15, -0.1) is 0 Å². The molecule has 2 atom stereocenters. The van der Waals surface area contributed by atoms with Crippen molar-refractivity contribution in [2.24, 2.45) is 0 Å². The minimum absolute atomic E-state index is 0.134. The topological polar surface area (TPSA) is 104 Å². The second kappa shape index (κ2) is 7.77. The van der Waals surface area contributed by atoms with E-state index >= 15 is 0 Å². The summed E-state index contributed by atoms with van der Waals surface area (Å²) in [7, 11) is 0. The molecule has 23 heavy (non-hydrogen) atoms. The van der Waals surface area contributed by atoms with Gasteiger partial charge in [0.05, 0.1) is 11.0 Å². The quantitative estimate of drug-likeness (QED) is 0.548. The maximum absolute atomic E-state index is 12.1. The summed E-state index contributed by atoms with van der Waals surface area (Å²) in [5.41, 5.74) is 0.342. The Morgan fingerprint density at radius 3 is 2.65 bits per heavy atom. The van der Waals surface area contributed by atoms with E-state index in [9.17, 15) is 28.1 Å². The van der Waals surface area contributed by atoms with Gasteiger partial charge in [0.15, 0.2) is 6.10 Å². The van der Waals surface area contributed by atoms with Crippen LogP contribution in [-0.4, -0.2) is 34.9 Å². The number of nitrogens with one attached hydrogen (secondary N) is 2. The maximum atomic E-state index is 12.1. The Balaban J connectivity index is 2.48. The third-order valence-electron chi connectivity index (χ3n) is 3.01. The largest absolute Gasteiger partial charge is 0.414 e. The van der Waals surface area contributed by atoms with Crippen molar-refractivity contribution >= 4 is 11.7 Å². The molecule has 0 radical (unpaired) electrons. The molecular formula is C13H16F3N3O4. The van der Waals surface area contributed by atoms with E-state index in [4.69, 9.17) is 5.11 Å². The van der Waals surface area contributed by atoms with Gasteiger partial charge < -0.3 is 15.7 Å². The lowest BCUT2D eigenvalue weighted by atomic mass is 10.1. The minimum Gasteiger partial charge on any atom is -0.384 e. The molecule has 0 saturated heterocycles. The van der Waals surface area contributed by atoms with E-state index in [-0.39, 0.29) is 12.2 Å². The molecule has 128 valence electrons. The maximum Gasteiger partial charge on any atom is 0.414 e. The van der Waals surface area contributed by atoms with Crippen molar-refractivity contribution in [3.05, 3.63) is 39.9 Å². The average molecular weight is 335 g/mol. The van der Waals surface area contributed by atoms with Gasteiger partial charge >= 0.3 is 12.2 Å². The molecule has 2 amide bonds. The Labute approximate surface area is 129 Å². The van der Waals surface area contributed by atoms with Crippen molar-refractivity contribution in [1.29, 1.82) is 0 Å². The molecule has 0 aromatic heterocycles. The Kier molecular flexibility index (Phi) is 6.31. The first-order valence-electron chi connectivity index (χ1n) is 6.64. The van der Waals surface area contributed by atoms with E-state index in [1.807, 2.05) is 0 Å². The Morgan fingerprint density at radius 1 is 1.43 bits per heavy atom. The van der Waals surface area contributed by atoms with Gasteiger partial charge in [0.1, 0.15) is 0 Å². The molecule has 0 saturated carbocycles. The zero-order valence-electron chi connectivity index (χ0n) is 12.1. The molecule has 7 nitrogen and oxygen atoms in total. The Morgan fingerprint density at radius 2 is 2.09 bits per heavy atom. The van der Waals surface area contributed by atoms with Gasteiger partial charge in [0.2, 0.25) is 0 Å². The van der Waals surface area contributed by atoms with Gasteiger partial charge in [-0.3, -0.25) is 10.1 Å². The van der Waals surface area contributed by atoms with Crippen molar-refractivity contribution in [1.82, 2.24) is 10.6 Å². The van der Waals surface area contributed by atoms with Gasteiger partial charge in [-0.2, -0.15) is 13.2 Å². The number of carbonyl (C=O) groups excluding carboxylic acids is 1. The summed E-state index contributed by atoms with van der Waals surface area (Å²) >= 11 is 0. The Bertz CT molecular complexity index is 566. The number of urea groups is 1. The molecule has 0 fully saturated rings. The highest BCUT2D eigenvalue weighted by atomic mass is 19.4. The molecule has 0 spiro atoms. The number of benzene rings is 1. The number of amides is 2. The monoisotopic (exact) mass is 335 g/mol. The molecule has 0 bridgehead atoms. The molecule has 1 aromatic carbocycles. The van der Waals surface area contributed by atoms with Crippen LogP contribution in [0.1, 0.15) is 24.9 Å². The minimum atomic E-state index is -4.73. The number of halogens is 3. The number of nitrogens with zero attached hydrogens (tertiary/aromatic N) is 1. The summed E-state index contributed by atoms with van der Waals surface area (Å²) < 4.78 is 36.2. The lowest BCUT2D eigenvalue weighted by molar-refractivity contribution is -0.384. The number of non-ortho nitro benzene ring substituents is 1. The highest BCUT2D eigenvalue weighted by Gasteiger charge is 2.37. The lowest BCUT2D eigenvalue weighted by Gasteiger charge is -2.17. The third kappa shape index (κ3) is 6.10. The lowest BCUT2D eigenvalue weighted by Crippen LogP contribution is -2.40. The van der Waals surface area contributed by atoms with Crippen molar-refractivity contribution in [3.63, 3.8) is 0 Å². The number of hydrogen-bond acceptors (Lipinski definition) is 4. The number of aliphatic hydroxyl groups excluding tert-OH is 1. The van der Waals surface area contributed by atoms with Crippen LogP contribution in [0.25, 0.3) is 0 Å². The van der Waals surface area contributed by atoms with Crippen molar-refractivity contribution in [2.45, 2.75) is 31.7 Å². The standard InChI is InChI=1S/C13H16F3N3O4/c1-8(9-3-2-4-10(7-9)19(22)23)18-12(21)17-6-5-11(20)13(14,15)16/h2-4,7-8,11,20H,5-6H2,1H3,(H2,17,18,21)/t8-,11-/m1/s1. The second-order valence-electron chi connectivity index (χ2n) is 4.82. The summed E-state index contributed by atoms with van der Waals surface area (Å²) in [6.45, 7) is 1.21. The number of nitro groups is 1. The Hall–Kier alpha value is -2.36. The SMILES string of the molecule is C[C@@H](NC(=O)NCC[C@@H](O)C(F)(F)F)c1cccc([N+](=O)[O-])c1. The van der Waals surface area contributed by atoms with Crippen LogP contribution in [-0.2, 0) is 0 Å². The van der Waals surface area contributed by atoms with Crippen LogP contribution in [0.15, 0.2) is 24.3 Å². The van der Waals surface area contributed by atoms with Crippen LogP contribution in [0.5, 0.6) is 0 Å². The smallest absolute Gasteiger partial charge is 0.384 e. The van der Waals surface area contributed by atoms with Crippen LogP contribution < -0.4 is 10.6 Å². The molecule has 0 heterocycles. The fraction of sp³-hybridized carbons (Fsp3) is 0.462. The second-order valence-corrected chi connectivity index (χ2v) is 4.82. The number of nitro benzene ring substituents is 1. The fourth-order valence-electron chi connectivity index (χ4n) is 1.72. The van der Waals surface area contributed by atoms with E-state index in [0.29, 0.717) is 5.56 Å². The van der Waals surface area contributed by atoms with Crippen LogP contribution in [0.2, 0.25) is 0 Å². The first-order chi connectivity index (χ1) is 10.6. The summed E-state index contributed by atoms with van der Waals surface area (Å²) in [6, 6.07) is 4.31. The summed E-state index contributed by atoms with van der Waals surface area (Å²) in [5, 5.41) is 24.1. The van der Waals surface area contributed by atoms with Gasteiger partial charge in [0.25, 0.3) is 5.69 Å². The molecule has 0 unspecified atom stereocenters. The molecule has 10 heteroatoms. The molecule has 0 aliphatic heterocycles. The molecule has 1 aromatic rings. The first kappa shape index (κ1) is 18.7.